The van der Waals surface area contributed by atoms with Crippen LogP contribution in [-0.2, 0) is 6.54 Å². The molecule has 0 aliphatic carbocycles. The maximum Gasteiger partial charge on any atom is 0.321 e. The summed E-state index contributed by atoms with van der Waals surface area (Å²) in [5.41, 5.74) is 4.40. The molecule has 2 amide bonds. The molecule has 0 spiro atoms. The molecule has 0 radical (unpaired) electrons. The van der Waals surface area contributed by atoms with Gasteiger partial charge in [0, 0.05) is 43.4 Å². The number of rotatable bonds is 3. The van der Waals surface area contributed by atoms with Gasteiger partial charge in [-0.2, -0.15) is 0 Å². The molecule has 0 saturated carbocycles. The summed E-state index contributed by atoms with van der Waals surface area (Å²) in [5.74, 6) is 0. The van der Waals surface area contributed by atoms with Gasteiger partial charge in [-0.15, -0.1) is 0 Å². The van der Waals surface area contributed by atoms with Crippen LogP contribution in [-0.4, -0.2) is 42.0 Å². The minimum Gasteiger partial charge on any atom is -0.322 e. The molecule has 0 atom stereocenters. The Morgan fingerprint density at radius 3 is 2.44 bits per heavy atom. The molecule has 3 rings (SSSR count). The molecule has 0 unspecified atom stereocenters. The molecule has 2 aromatic carbocycles. The molecule has 1 aliphatic rings. The maximum absolute atomic E-state index is 12.5. The highest BCUT2D eigenvalue weighted by molar-refractivity contribution is 6.31. The molecule has 1 fully saturated rings. The zero-order valence-corrected chi connectivity index (χ0v) is 15.5. The third kappa shape index (κ3) is 4.53. The Balaban J connectivity index is 1.52. The fourth-order valence-corrected chi connectivity index (χ4v) is 3.19. The first-order chi connectivity index (χ1) is 12.0. The van der Waals surface area contributed by atoms with Gasteiger partial charge in [-0.25, -0.2) is 4.79 Å². The highest BCUT2D eigenvalue weighted by Gasteiger charge is 2.21. The second kappa shape index (κ2) is 7.89. The van der Waals surface area contributed by atoms with Crippen molar-refractivity contribution < 1.29 is 4.79 Å². The van der Waals surface area contributed by atoms with E-state index in [0.29, 0.717) is 0 Å². The summed E-state index contributed by atoms with van der Waals surface area (Å²) in [6.07, 6.45) is 0. The van der Waals surface area contributed by atoms with E-state index in [9.17, 15) is 4.79 Å². The number of anilines is 1. The van der Waals surface area contributed by atoms with Crippen LogP contribution in [0.4, 0.5) is 10.5 Å². The monoisotopic (exact) mass is 357 g/mol. The van der Waals surface area contributed by atoms with E-state index in [1.807, 2.05) is 41.3 Å². The lowest BCUT2D eigenvalue weighted by molar-refractivity contribution is 0.143. The average molecular weight is 358 g/mol. The number of carbonyl (C=O) groups is 1. The van der Waals surface area contributed by atoms with Crippen molar-refractivity contribution in [2.24, 2.45) is 0 Å². The molecule has 4 nitrogen and oxygen atoms in total. The molecular formula is C20H24ClN3O. The number of amides is 2. The molecule has 1 N–H and O–H groups in total. The van der Waals surface area contributed by atoms with Crippen LogP contribution in [0, 0.1) is 13.8 Å². The van der Waals surface area contributed by atoms with Crippen LogP contribution in [0.2, 0.25) is 5.02 Å². The van der Waals surface area contributed by atoms with Crippen molar-refractivity contribution in [2.75, 3.05) is 31.5 Å². The Kier molecular flexibility index (Phi) is 5.61. The van der Waals surface area contributed by atoms with Crippen LogP contribution in [0.15, 0.2) is 42.5 Å². The summed E-state index contributed by atoms with van der Waals surface area (Å²) in [6.45, 7) is 8.10. The van der Waals surface area contributed by atoms with E-state index < -0.39 is 0 Å². The standard InChI is InChI=1S/C20H24ClN3O/c1-15-7-8-18(13-16(15)2)22-20(25)24-11-9-23(10-12-24)14-17-5-3-4-6-19(17)21/h3-8,13H,9-12,14H2,1-2H3,(H,22,25). The van der Waals surface area contributed by atoms with Gasteiger partial charge in [0.25, 0.3) is 0 Å². The van der Waals surface area contributed by atoms with Gasteiger partial charge in [-0.1, -0.05) is 35.9 Å². The van der Waals surface area contributed by atoms with E-state index in [2.05, 4.69) is 30.1 Å². The number of hydrogen-bond acceptors (Lipinski definition) is 2. The highest BCUT2D eigenvalue weighted by atomic mass is 35.5. The average Bonchev–Trinajstić information content (AvgIpc) is 2.61. The van der Waals surface area contributed by atoms with Gasteiger partial charge in [0.15, 0.2) is 0 Å². The Bertz CT molecular complexity index is 754. The van der Waals surface area contributed by atoms with Crippen LogP contribution >= 0.6 is 11.6 Å². The zero-order valence-electron chi connectivity index (χ0n) is 14.8. The third-order valence-electron chi connectivity index (χ3n) is 4.77. The first-order valence-corrected chi connectivity index (χ1v) is 8.99. The van der Waals surface area contributed by atoms with E-state index in [1.54, 1.807) is 0 Å². The smallest absolute Gasteiger partial charge is 0.321 e. The van der Waals surface area contributed by atoms with Crippen molar-refractivity contribution in [3.63, 3.8) is 0 Å². The highest BCUT2D eigenvalue weighted by Crippen LogP contribution is 2.19. The van der Waals surface area contributed by atoms with E-state index in [-0.39, 0.29) is 6.03 Å². The number of carbonyl (C=O) groups excluding carboxylic acids is 1. The normalized spacial score (nSPS) is 15.2. The second-order valence-electron chi connectivity index (χ2n) is 6.58. The molecule has 0 aromatic heterocycles. The SMILES string of the molecule is Cc1ccc(NC(=O)N2CCN(Cc3ccccc3Cl)CC2)cc1C. The van der Waals surface area contributed by atoms with E-state index in [4.69, 9.17) is 11.6 Å². The van der Waals surface area contributed by atoms with Gasteiger partial charge in [-0.05, 0) is 48.7 Å². The van der Waals surface area contributed by atoms with Crippen molar-refractivity contribution in [1.29, 1.82) is 0 Å². The van der Waals surface area contributed by atoms with Crippen LogP contribution in [0.25, 0.3) is 0 Å². The number of piperazine rings is 1. The summed E-state index contributed by atoms with van der Waals surface area (Å²) < 4.78 is 0. The van der Waals surface area contributed by atoms with Crippen LogP contribution < -0.4 is 5.32 Å². The quantitative estimate of drug-likeness (QED) is 0.888. The third-order valence-corrected chi connectivity index (χ3v) is 5.14. The molecule has 1 aliphatic heterocycles. The number of benzene rings is 2. The van der Waals surface area contributed by atoms with Gasteiger partial charge in [0.1, 0.15) is 0 Å². The minimum absolute atomic E-state index is 0.0272. The number of aryl methyl sites for hydroxylation is 2. The molecule has 5 heteroatoms. The summed E-state index contributed by atoms with van der Waals surface area (Å²) in [4.78, 5) is 16.7. The van der Waals surface area contributed by atoms with E-state index >= 15 is 0 Å². The lowest BCUT2D eigenvalue weighted by Crippen LogP contribution is -2.49. The van der Waals surface area contributed by atoms with Gasteiger partial charge in [0.05, 0.1) is 0 Å². The molecular weight excluding hydrogens is 334 g/mol. The second-order valence-corrected chi connectivity index (χ2v) is 6.99. The van der Waals surface area contributed by atoms with Gasteiger partial charge >= 0.3 is 6.03 Å². The fourth-order valence-electron chi connectivity index (χ4n) is 3.00. The number of halogens is 1. The zero-order chi connectivity index (χ0) is 17.8. The maximum atomic E-state index is 12.5. The first kappa shape index (κ1) is 17.8. The Hall–Kier alpha value is -2.04. The topological polar surface area (TPSA) is 35.6 Å². The van der Waals surface area contributed by atoms with Gasteiger partial charge in [-0.3, -0.25) is 4.90 Å². The lowest BCUT2D eigenvalue weighted by Gasteiger charge is -2.34. The Morgan fingerprint density at radius 2 is 1.76 bits per heavy atom. The van der Waals surface area contributed by atoms with Crippen molar-refractivity contribution in [3.05, 3.63) is 64.2 Å². The number of nitrogens with zero attached hydrogens (tertiary/aromatic N) is 2. The lowest BCUT2D eigenvalue weighted by atomic mass is 10.1. The van der Waals surface area contributed by atoms with Gasteiger partial charge < -0.3 is 10.2 Å². The van der Waals surface area contributed by atoms with Crippen molar-refractivity contribution >= 4 is 23.3 Å². The van der Waals surface area contributed by atoms with Crippen LogP contribution in [0.5, 0.6) is 0 Å². The molecule has 1 saturated heterocycles. The summed E-state index contributed by atoms with van der Waals surface area (Å²) in [7, 11) is 0. The Morgan fingerprint density at radius 1 is 1.04 bits per heavy atom. The largest absolute Gasteiger partial charge is 0.322 e. The minimum atomic E-state index is -0.0272. The number of nitrogens with one attached hydrogen (secondary N) is 1. The van der Waals surface area contributed by atoms with Crippen molar-refractivity contribution in [2.45, 2.75) is 20.4 Å². The Labute approximate surface area is 154 Å². The summed E-state index contributed by atoms with van der Waals surface area (Å²) >= 11 is 6.24. The predicted molar refractivity (Wildman–Crippen MR) is 103 cm³/mol. The first-order valence-electron chi connectivity index (χ1n) is 8.62. The predicted octanol–water partition coefficient (Wildman–Crippen LogP) is 4.31. The fraction of sp³-hybridized carbons (Fsp3) is 0.350. The summed E-state index contributed by atoms with van der Waals surface area (Å²) in [6, 6.07) is 13.9. The molecule has 2 aromatic rings. The molecule has 132 valence electrons. The van der Waals surface area contributed by atoms with Crippen LogP contribution in [0.1, 0.15) is 16.7 Å². The van der Waals surface area contributed by atoms with Gasteiger partial charge in [0.2, 0.25) is 0 Å². The van der Waals surface area contributed by atoms with E-state index in [1.165, 1.54) is 11.1 Å². The number of hydrogen-bond donors (Lipinski definition) is 1. The molecule has 25 heavy (non-hydrogen) atoms. The van der Waals surface area contributed by atoms with Crippen molar-refractivity contribution in [3.8, 4) is 0 Å². The van der Waals surface area contributed by atoms with Crippen LogP contribution in [0.3, 0.4) is 0 Å². The molecule has 0 bridgehead atoms. The summed E-state index contributed by atoms with van der Waals surface area (Å²) in [5, 5.41) is 3.80. The number of urea groups is 1. The molecule has 1 heterocycles. The van der Waals surface area contributed by atoms with E-state index in [0.717, 1.165) is 49.0 Å². The van der Waals surface area contributed by atoms with Crippen molar-refractivity contribution in [1.82, 2.24) is 9.80 Å².